The van der Waals surface area contributed by atoms with Crippen LogP contribution in [0.25, 0.3) is 0 Å². The number of aliphatic hydroxyl groups is 1. The number of benzene rings is 1. The fourth-order valence-electron chi connectivity index (χ4n) is 3.12. The number of aromatic nitrogens is 2. The van der Waals surface area contributed by atoms with Gasteiger partial charge in [0.15, 0.2) is 0 Å². The molecule has 132 valence electrons. The minimum Gasteiger partial charge on any atom is -0.494 e. The van der Waals surface area contributed by atoms with Crippen LogP contribution in [0.3, 0.4) is 0 Å². The molecule has 1 aliphatic rings. The summed E-state index contributed by atoms with van der Waals surface area (Å²) in [4.78, 5) is 22.6. The van der Waals surface area contributed by atoms with Crippen LogP contribution in [0.2, 0.25) is 0 Å². The van der Waals surface area contributed by atoms with E-state index in [1.165, 1.54) is 0 Å². The Hall–Kier alpha value is -2.47. The second kappa shape index (κ2) is 8.07. The Morgan fingerprint density at radius 3 is 2.76 bits per heavy atom. The molecular weight excluding hydrogens is 318 g/mol. The largest absolute Gasteiger partial charge is 0.494 e. The molecule has 1 aliphatic heterocycles. The van der Waals surface area contributed by atoms with Gasteiger partial charge in [-0.25, -0.2) is 0 Å². The number of hydrogen-bond donors (Lipinski definition) is 1. The van der Waals surface area contributed by atoms with E-state index in [-0.39, 0.29) is 11.8 Å². The van der Waals surface area contributed by atoms with E-state index in [1.807, 2.05) is 31.2 Å². The number of ether oxygens (including phenoxy) is 1. The number of β-amino-alcohol motifs (C(OH)–C–C–N with tert-alkyl or cyclic N) is 1. The van der Waals surface area contributed by atoms with Crippen LogP contribution in [-0.4, -0.2) is 51.7 Å². The third-order valence-electron chi connectivity index (χ3n) is 4.44. The molecule has 2 aromatic rings. The zero-order chi connectivity index (χ0) is 17.6. The molecule has 1 aromatic heterocycles. The number of carbonyl (C=O) groups excluding carboxylic acids is 1. The number of hydrogen-bond acceptors (Lipinski definition) is 5. The molecule has 1 aromatic carbocycles. The topological polar surface area (TPSA) is 75.5 Å². The first-order valence-corrected chi connectivity index (χ1v) is 8.58. The molecule has 2 heterocycles. The van der Waals surface area contributed by atoms with Gasteiger partial charge in [0.25, 0.3) is 0 Å². The van der Waals surface area contributed by atoms with E-state index < -0.39 is 6.10 Å². The van der Waals surface area contributed by atoms with Gasteiger partial charge in [-0.05, 0) is 31.0 Å². The average Bonchev–Trinajstić information content (AvgIpc) is 2.99. The Kier molecular flexibility index (Phi) is 5.60. The maximum atomic E-state index is 12.5. The van der Waals surface area contributed by atoms with Crippen LogP contribution in [0.15, 0.2) is 42.9 Å². The van der Waals surface area contributed by atoms with Crippen molar-refractivity contribution < 1.29 is 14.6 Å². The molecule has 0 spiro atoms. The van der Waals surface area contributed by atoms with Crippen molar-refractivity contribution in [3.63, 3.8) is 0 Å². The SMILES string of the molecule is CCOc1ccc(CC(=O)N2C[C@@H](Cc3cnccn3)[C@H](O)C2)cc1. The lowest BCUT2D eigenvalue weighted by Crippen LogP contribution is -2.31. The summed E-state index contributed by atoms with van der Waals surface area (Å²) in [6, 6.07) is 7.57. The Morgan fingerprint density at radius 1 is 1.28 bits per heavy atom. The van der Waals surface area contributed by atoms with Crippen LogP contribution in [0.5, 0.6) is 5.75 Å². The predicted molar refractivity (Wildman–Crippen MR) is 93.1 cm³/mol. The van der Waals surface area contributed by atoms with Crippen LogP contribution >= 0.6 is 0 Å². The number of aliphatic hydroxyl groups excluding tert-OH is 1. The van der Waals surface area contributed by atoms with Crippen molar-refractivity contribution in [2.75, 3.05) is 19.7 Å². The number of carbonyl (C=O) groups is 1. The van der Waals surface area contributed by atoms with E-state index in [2.05, 4.69) is 9.97 Å². The molecule has 2 atom stereocenters. The van der Waals surface area contributed by atoms with Gasteiger partial charge in [-0.2, -0.15) is 0 Å². The second-order valence-corrected chi connectivity index (χ2v) is 6.28. The Balaban J connectivity index is 1.56. The summed E-state index contributed by atoms with van der Waals surface area (Å²) in [5, 5.41) is 10.3. The first-order valence-electron chi connectivity index (χ1n) is 8.58. The smallest absolute Gasteiger partial charge is 0.227 e. The number of likely N-dealkylation sites (tertiary alicyclic amines) is 1. The minimum absolute atomic E-state index is 0.000908. The summed E-state index contributed by atoms with van der Waals surface area (Å²) in [6.45, 7) is 3.49. The van der Waals surface area contributed by atoms with E-state index in [1.54, 1.807) is 23.5 Å². The lowest BCUT2D eigenvalue weighted by Gasteiger charge is -2.16. The number of rotatable bonds is 6. The van der Waals surface area contributed by atoms with Crippen molar-refractivity contribution in [1.29, 1.82) is 0 Å². The zero-order valence-electron chi connectivity index (χ0n) is 14.3. The molecule has 3 rings (SSSR count). The molecule has 1 N–H and O–H groups in total. The number of nitrogens with zero attached hydrogens (tertiary/aromatic N) is 3. The molecule has 0 bridgehead atoms. The summed E-state index contributed by atoms with van der Waals surface area (Å²) in [7, 11) is 0. The molecule has 1 saturated heterocycles. The Morgan fingerprint density at radius 2 is 2.08 bits per heavy atom. The van der Waals surface area contributed by atoms with E-state index in [0.717, 1.165) is 17.0 Å². The van der Waals surface area contributed by atoms with Crippen molar-refractivity contribution in [1.82, 2.24) is 14.9 Å². The molecule has 6 heteroatoms. The van der Waals surface area contributed by atoms with Crippen molar-refractivity contribution in [3.8, 4) is 5.75 Å². The molecule has 6 nitrogen and oxygen atoms in total. The van der Waals surface area contributed by atoms with E-state index in [9.17, 15) is 9.90 Å². The van der Waals surface area contributed by atoms with Crippen LogP contribution in [0.1, 0.15) is 18.2 Å². The number of amides is 1. The molecule has 25 heavy (non-hydrogen) atoms. The lowest BCUT2D eigenvalue weighted by atomic mass is 10.0. The summed E-state index contributed by atoms with van der Waals surface area (Å²) in [5.74, 6) is 0.838. The highest BCUT2D eigenvalue weighted by molar-refractivity contribution is 5.79. The Labute approximate surface area is 147 Å². The van der Waals surface area contributed by atoms with Crippen molar-refractivity contribution in [3.05, 3.63) is 54.1 Å². The molecular formula is C19H23N3O3. The van der Waals surface area contributed by atoms with Gasteiger partial charge in [-0.1, -0.05) is 12.1 Å². The highest BCUT2D eigenvalue weighted by atomic mass is 16.5. The molecule has 0 unspecified atom stereocenters. The van der Waals surface area contributed by atoms with Gasteiger partial charge in [0.2, 0.25) is 5.91 Å². The molecule has 0 aliphatic carbocycles. The summed E-state index contributed by atoms with van der Waals surface area (Å²) < 4.78 is 5.41. The summed E-state index contributed by atoms with van der Waals surface area (Å²) in [5.41, 5.74) is 1.78. The van der Waals surface area contributed by atoms with E-state index >= 15 is 0 Å². The van der Waals surface area contributed by atoms with Gasteiger partial charge in [-0.15, -0.1) is 0 Å². The molecule has 1 amide bonds. The standard InChI is InChI=1S/C19H23N3O3/c1-2-25-17-5-3-14(4-6-17)9-19(24)22-12-15(18(23)13-22)10-16-11-20-7-8-21-16/h3-8,11,15,18,23H,2,9-10,12-13H2,1H3/t15-,18-/m1/s1. The molecule has 0 radical (unpaired) electrons. The lowest BCUT2D eigenvalue weighted by molar-refractivity contribution is -0.129. The first kappa shape index (κ1) is 17.4. The van der Waals surface area contributed by atoms with Crippen molar-refractivity contribution in [2.24, 2.45) is 5.92 Å². The average molecular weight is 341 g/mol. The van der Waals surface area contributed by atoms with Crippen molar-refractivity contribution >= 4 is 5.91 Å². The first-order chi connectivity index (χ1) is 12.2. The Bertz CT molecular complexity index is 691. The highest BCUT2D eigenvalue weighted by Gasteiger charge is 2.34. The van der Waals surface area contributed by atoms with Crippen LogP contribution in [0.4, 0.5) is 0 Å². The van der Waals surface area contributed by atoms with Gasteiger partial charge in [0.1, 0.15) is 5.75 Å². The van der Waals surface area contributed by atoms with Crippen molar-refractivity contribution in [2.45, 2.75) is 25.9 Å². The van der Waals surface area contributed by atoms with Gasteiger partial charge >= 0.3 is 0 Å². The van der Waals surface area contributed by atoms with Gasteiger partial charge in [0.05, 0.1) is 24.8 Å². The molecule has 1 fully saturated rings. The van der Waals surface area contributed by atoms with Crippen LogP contribution < -0.4 is 4.74 Å². The fraction of sp³-hybridized carbons (Fsp3) is 0.421. The quantitative estimate of drug-likeness (QED) is 0.861. The fourth-order valence-corrected chi connectivity index (χ4v) is 3.12. The maximum Gasteiger partial charge on any atom is 0.227 e. The summed E-state index contributed by atoms with van der Waals surface area (Å²) in [6.07, 6.45) is 5.41. The third-order valence-corrected chi connectivity index (χ3v) is 4.44. The van der Waals surface area contributed by atoms with Crippen LogP contribution in [-0.2, 0) is 17.6 Å². The predicted octanol–water partition coefficient (Wildman–Crippen LogP) is 1.48. The second-order valence-electron chi connectivity index (χ2n) is 6.28. The zero-order valence-corrected chi connectivity index (χ0v) is 14.3. The molecule has 0 saturated carbocycles. The van der Waals surface area contributed by atoms with Crippen LogP contribution in [0, 0.1) is 5.92 Å². The van der Waals surface area contributed by atoms with E-state index in [4.69, 9.17) is 4.74 Å². The highest BCUT2D eigenvalue weighted by Crippen LogP contribution is 2.22. The monoisotopic (exact) mass is 341 g/mol. The van der Waals surface area contributed by atoms with Gasteiger partial charge in [-0.3, -0.25) is 14.8 Å². The van der Waals surface area contributed by atoms with Gasteiger partial charge in [0, 0.05) is 37.6 Å². The van der Waals surface area contributed by atoms with E-state index in [0.29, 0.717) is 32.5 Å². The maximum absolute atomic E-state index is 12.5. The minimum atomic E-state index is -0.522. The third kappa shape index (κ3) is 4.54. The summed E-state index contributed by atoms with van der Waals surface area (Å²) >= 11 is 0. The van der Waals surface area contributed by atoms with Gasteiger partial charge < -0.3 is 14.7 Å². The normalized spacial score (nSPS) is 19.8.